The first kappa shape index (κ1) is 15.5. The molecule has 0 atom stereocenters. The molecular weight excluding hydrogens is 287 g/mol. The third-order valence-corrected chi connectivity index (χ3v) is 3.95. The molecule has 1 aromatic heterocycles. The Bertz CT molecular complexity index is 619. The zero-order valence-electron chi connectivity index (χ0n) is 12.0. The molecule has 5 heteroatoms. The molecule has 21 heavy (non-hydrogen) atoms. The quantitative estimate of drug-likeness (QED) is 0.594. The van der Waals surface area contributed by atoms with Crippen LogP contribution in [-0.4, -0.2) is 17.0 Å². The van der Waals surface area contributed by atoms with Gasteiger partial charge in [0.2, 0.25) is 0 Å². The van der Waals surface area contributed by atoms with Crippen LogP contribution in [0.2, 0.25) is 0 Å². The second-order valence-electron chi connectivity index (χ2n) is 4.51. The molecule has 0 aliphatic rings. The molecular formula is C16H17FN2OS. The number of Topliss-reactive ketones (excluding diaryl/α,β-unsaturated/α-hetero) is 1. The predicted molar refractivity (Wildman–Crippen MR) is 85.0 cm³/mol. The molecule has 0 saturated heterocycles. The number of rotatable bonds is 6. The fourth-order valence-corrected chi connectivity index (χ4v) is 2.56. The van der Waals surface area contributed by atoms with Crippen molar-refractivity contribution in [2.75, 3.05) is 10.6 Å². The number of pyridine rings is 1. The summed E-state index contributed by atoms with van der Waals surface area (Å²) in [7, 11) is 0. The molecule has 2 aromatic rings. The summed E-state index contributed by atoms with van der Waals surface area (Å²) in [5.74, 6) is -0.397. The summed E-state index contributed by atoms with van der Waals surface area (Å²) in [5.41, 5.74) is 1.90. The Labute approximate surface area is 128 Å². The molecule has 0 saturated carbocycles. The van der Waals surface area contributed by atoms with Crippen molar-refractivity contribution < 1.29 is 9.18 Å². The van der Waals surface area contributed by atoms with Gasteiger partial charge < -0.3 is 4.31 Å². The third kappa shape index (κ3) is 3.82. The molecule has 2 rings (SSSR count). The van der Waals surface area contributed by atoms with Crippen molar-refractivity contribution in [1.82, 2.24) is 4.98 Å². The standard InChI is InChI=1S/C16H17FN2OS/c1-3-16(20)12-6-7-13(15(17)9-12)11-19(21-2)14-5-4-8-18-10-14/h4-10H,3,11H2,1-2H3. The van der Waals surface area contributed by atoms with Crippen molar-refractivity contribution in [2.45, 2.75) is 19.9 Å². The van der Waals surface area contributed by atoms with E-state index in [-0.39, 0.29) is 11.6 Å². The highest BCUT2D eigenvalue weighted by atomic mass is 32.2. The van der Waals surface area contributed by atoms with Gasteiger partial charge in [-0.25, -0.2) is 4.39 Å². The largest absolute Gasteiger partial charge is 0.310 e. The fraction of sp³-hybridized carbons (Fsp3) is 0.250. The van der Waals surface area contributed by atoms with E-state index in [2.05, 4.69) is 4.98 Å². The van der Waals surface area contributed by atoms with E-state index in [0.29, 0.717) is 24.1 Å². The van der Waals surface area contributed by atoms with Crippen molar-refractivity contribution in [2.24, 2.45) is 0 Å². The van der Waals surface area contributed by atoms with Gasteiger partial charge in [0.1, 0.15) is 5.82 Å². The molecule has 1 heterocycles. The van der Waals surface area contributed by atoms with Gasteiger partial charge in [0.25, 0.3) is 0 Å². The zero-order valence-corrected chi connectivity index (χ0v) is 12.9. The van der Waals surface area contributed by atoms with Crippen LogP contribution in [0.4, 0.5) is 10.1 Å². The Kier molecular flexibility index (Phi) is 5.33. The molecule has 0 unspecified atom stereocenters. The van der Waals surface area contributed by atoms with Gasteiger partial charge >= 0.3 is 0 Å². The number of hydrogen-bond donors (Lipinski definition) is 0. The van der Waals surface area contributed by atoms with E-state index in [4.69, 9.17) is 0 Å². The van der Waals surface area contributed by atoms with Crippen molar-refractivity contribution >= 4 is 23.4 Å². The Morgan fingerprint density at radius 3 is 2.76 bits per heavy atom. The van der Waals surface area contributed by atoms with Crippen molar-refractivity contribution in [3.05, 3.63) is 59.7 Å². The molecule has 3 nitrogen and oxygen atoms in total. The average Bonchev–Trinajstić information content (AvgIpc) is 2.53. The normalized spacial score (nSPS) is 10.4. The highest BCUT2D eigenvalue weighted by Gasteiger charge is 2.12. The van der Waals surface area contributed by atoms with Crippen LogP contribution in [0, 0.1) is 5.82 Å². The summed E-state index contributed by atoms with van der Waals surface area (Å²) in [6.07, 6.45) is 5.75. The van der Waals surface area contributed by atoms with Crippen LogP contribution in [0.25, 0.3) is 0 Å². The lowest BCUT2D eigenvalue weighted by molar-refractivity contribution is 0.0987. The first-order valence-corrected chi connectivity index (χ1v) is 7.87. The lowest BCUT2D eigenvalue weighted by Crippen LogP contribution is -2.14. The number of nitrogens with zero attached hydrogens (tertiary/aromatic N) is 2. The maximum Gasteiger partial charge on any atom is 0.162 e. The number of anilines is 1. The molecule has 0 fully saturated rings. The first-order valence-electron chi connectivity index (χ1n) is 6.69. The summed E-state index contributed by atoms with van der Waals surface area (Å²) in [5, 5.41) is 0. The molecule has 0 amide bonds. The molecule has 0 radical (unpaired) electrons. The number of halogens is 1. The van der Waals surface area contributed by atoms with E-state index >= 15 is 0 Å². The second-order valence-corrected chi connectivity index (χ2v) is 5.32. The van der Waals surface area contributed by atoms with E-state index in [9.17, 15) is 9.18 Å². The van der Waals surface area contributed by atoms with Gasteiger partial charge in [-0.1, -0.05) is 31.0 Å². The summed E-state index contributed by atoms with van der Waals surface area (Å²) in [6, 6.07) is 8.46. The fourth-order valence-electron chi connectivity index (χ4n) is 1.97. The lowest BCUT2D eigenvalue weighted by atomic mass is 10.1. The third-order valence-electron chi connectivity index (χ3n) is 3.16. The van der Waals surface area contributed by atoms with E-state index in [1.807, 2.05) is 22.7 Å². The van der Waals surface area contributed by atoms with E-state index < -0.39 is 0 Å². The maximum atomic E-state index is 14.2. The van der Waals surface area contributed by atoms with Gasteiger partial charge in [-0.15, -0.1) is 0 Å². The number of carbonyl (C=O) groups excluding carboxylic acids is 1. The molecule has 0 aliphatic carbocycles. The minimum atomic E-state index is -0.350. The number of benzene rings is 1. The van der Waals surface area contributed by atoms with Gasteiger partial charge in [0.15, 0.2) is 5.78 Å². The van der Waals surface area contributed by atoms with E-state index in [1.54, 1.807) is 31.5 Å². The molecule has 1 aromatic carbocycles. The highest BCUT2D eigenvalue weighted by Crippen LogP contribution is 2.24. The molecule has 0 N–H and O–H groups in total. The smallest absolute Gasteiger partial charge is 0.162 e. The van der Waals surface area contributed by atoms with Gasteiger partial charge in [0, 0.05) is 30.0 Å². The second kappa shape index (κ2) is 7.22. The number of hydrogen-bond acceptors (Lipinski definition) is 4. The van der Waals surface area contributed by atoms with Crippen LogP contribution in [0.15, 0.2) is 42.7 Å². The molecule has 0 bridgehead atoms. The SMILES string of the molecule is CCC(=O)c1ccc(CN(SC)c2cccnc2)c(F)c1. The van der Waals surface area contributed by atoms with Gasteiger partial charge in [-0.05, 0) is 18.2 Å². The lowest BCUT2D eigenvalue weighted by Gasteiger charge is -2.21. The summed E-state index contributed by atoms with van der Waals surface area (Å²) < 4.78 is 16.1. The summed E-state index contributed by atoms with van der Waals surface area (Å²) in [6.45, 7) is 2.19. The monoisotopic (exact) mass is 304 g/mol. The first-order chi connectivity index (χ1) is 10.2. The molecule has 0 aliphatic heterocycles. The zero-order chi connectivity index (χ0) is 15.2. The maximum absolute atomic E-state index is 14.2. The Morgan fingerprint density at radius 1 is 1.38 bits per heavy atom. The molecule has 0 spiro atoms. The number of ketones is 1. The van der Waals surface area contributed by atoms with Crippen LogP contribution >= 0.6 is 11.9 Å². The molecule has 110 valence electrons. The summed E-state index contributed by atoms with van der Waals surface area (Å²) >= 11 is 1.50. The minimum absolute atomic E-state index is 0.0468. The Hall–Kier alpha value is -1.88. The van der Waals surface area contributed by atoms with Gasteiger partial charge in [0.05, 0.1) is 18.4 Å². The minimum Gasteiger partial charge on any atom is -0.310 e. The topological polar surface area (TPSA) is 33.2 Å². The predicted octanol–water partition coefficient (Wildman–Crippen LogP) is 4.10. The van der Waals surface area contributed by atoms with Crippen LogP contribution < -0.4 is 4.31 Å². The Morgan fingerprint density at radius 2 is 2.19 bits per heavy atom. The van der Waals surface area contributed by atoms with Crippen LogP contribution in [-0.2, 0) is 6.54 Å². The van der Waals surface area contributed by atoms with E-state index in [1.165, 1.54) is 18.0 Å². The van der Waals surface area contributed by atoms with Crippen LogP contribution in [0.5, 0.6) is 0 Å². The van der Waals surface area contributed by atoms with E-state index in [0.717, 1.165) is 5.69 Å². The number of carbonyl (C=O) groups is 1. The van der Waals surface area contributed by atoms with Gasteiger partial charge in [-0.3, -0.25) is 9.78 Å². The van der Waals surface area contributed by atoms with Crippen molar-refractivity contribution in [3.8, 4) is 0 Å². The van der Waals surface area contributed by atoms with Crippen LogP contribution in [0.3, 0.4) is 0 Å². The van der Waals surface area contributed by atoms with Crippen LogP contribution in [0.1, 0.15) is 29.3 Å². The average molecular weight is 304 g/mol. The van der Waals surface area contributed by atoms with Gasteiger partial charge in [-0.2, -0.15) is 0 Å². The van der Waals surface area contributed by atoms with Crippen molar-refractivity contribution in [1.29, 1.82) is 0 Å². The highest BCUT2D eigenvalue weighted by molar-refractivity contribution is 7.99. The van der Waals surface area contributed by atoms with Crippen molar-refractivity contribution in [3.63, 3.8) is 0 Å². The number of aromatic nitrogens is 1. The summed E-state index contributed by atoms with van der Waals surface area (Å²) in [4.78, 5) is 15.7. The Balaban J connectivity index is 2.20.